The lowest BCUT2D eigenvalue weighted by Crippen LogP contribution is -2.50. The predicted molar refractivity (Wildman–Crippen MR) is 130 cm³/mol. The zero-order valence-corrected chi connectivity index (χ0v) is 20.2. The monoisotopic (exact) mass is 484 g/mol. The summed E-state index contributed by atoms with van der Waals surface area (Å²) in [5.41, 5.74) is 0.950. The highest BCUT2D eigenvalue weighted by molar-refractivity contribution is 7.89. The molecule has 1 spiro atoms. The summed E-state index contributed by atoms with van der Waals surface area (Å²) in [6.07, 6.45) is 8.37. The van der Waals surface area contributed by atoms with Crippen molar-refractivity contribution < 1.29 is 13.2 Å². The Bertz CT molecular complexity index is 1360. The topological polar surface area (TPSA) is 141 Å². The minimum atomic E-state index is -3.86. The molecule has 0 radical (unpaired) electrons. The van der Waals surface area contributed by atoms with Crippen LogP contribution in [0, 0.1) is 0 Å². The number of nitrogens with zero attached hydrogens (tertiary/aromatic N) is 6. The molecule has 1 aliphatic heterocycles. The van der Waals surface area contributed by atoms with E-state index < -0.39 is 10.0 Å². The molecule has 1 fully saturated rings. The van der Waals surface area contributed by atoms with Crippen molar-refractivity contribution in [2.45, 2.75) is 62.6 Å². The second kappa shape index (κ2) is 8.20. The Labute approximate surface area is 198 Å². The number of ether oxygens (including phenoxy) is 1. The fourth-order valence-corrected chi connectivity index (χ4v) is 5.36. The average Bonchev–Trinajstić information content (AvgIpc) is 3.19. The highest BCUT2D eigenvalue weighted by atomic mass is 32.2. The number of pyridine rings is 1. The van der Waals surface area contributed by atoms with Gasteiger partial charge in [0.25, 0.3) is 10.0 Å². The van der Waals surface area contributed by atoms with Crippen LogP contribution in [0.1, 0.15) is 46.0 Å². The third-order valence-corrected chi connectivity index (χ3v) is 7.25. The second-order valence-electron chi connectivity index (χ2n) is 9.01. The van der Waals surface area contributed by atoms with Gasteiger partial charge in [0.1, 0.15) is 17.0 Å². The molecule has 0 amide bonds. The molecule has 0 unspecified atom stereocenters. The third-order valence-electron chi connectivity index (χ3n) is 6.43. The largest absolute Gasteiger partial charge is 0.481 e. The molecule has 3 aromatic rings. The molecule has 0 bridgehead atoms. The number of methoxy groups -OCH3 is 1. The highest BCUT2D eigenvalue weighted by Crippen LogP contribution is 2.45. The first-order valence-electron chi connectivity index (χ1n) is 11.3. The standard InChI is InChI=1S/C22H28N8O3S/c1-14(2)30-18-11-15-12-25-21(26-16-7-8-17(24-13-16)34(23,31)32)27-19(15)29(18)22(20(28-30)33-3)9-5-4-6-10-22/h7-8,11-14H,4-6,9-10H2,1-3H3,(H2,23,31,32)(H,25,26,27). The van der Waals surface area contributed by atoms with Gasteiger partial charge < -0.3 is 10.1 Å². The van der Waals surface area contributed by atoms with Crippen molar-refractivity contribution >= 4 is 44.4 Å². The van der Waals surface area contributed by atoms with Crippen LogP contribution in [0.4, 0.5) is 17.5 Å². The summed E-state index contributed by atoms with van der Waals surface area (Å²) in [6.45, 7) is 4.18. The molecule has 2 aliphatic rings. The maximum atomic E-state index is 11.5. The smallest absolute Gasteiger partial charge is 0.255 e. The van der Waals surface area contributed by atoms with Crippen LogP contribution in [0.3, 0.4) is 0 Å². The number of fused-ring (bicyclic) bond motifs is 4. The van der Waals surface area contributed by atoms with Gasteiger partial charge in [-0.3, -0.25) is 4.57 Å². The van der Waals surface area contributed by atoms with Gasteiger partial charge in [0, 0.05) is 17.6 Å². The Balaban J connectivity index is 1.61. The van der Waals surface area contributed by atoms with E-state index in [1.165, 1.54) is 18.7 Å². The predicted octanol–water partition coefficient (Wildman–Crippen LogP) is 3.07. The first kappa shape index (κ1) is 22.5. The number of nitrogens with one attached hydrogen (secondary N) is 1. The van der Waals surface area contributed by atoms with Crippen LogP contribution >= 0.6 is 0 Å². The van der Waals surface area contributed by atoms with Crippen LogP contribution in [0.15, 0.2) is 40.7 Å². The van der Waals surface area contributed by atoms with Crippen molar-refractivity contribution in [3.63, 3.8) is 0 Å². The summed E-state index contributed by atoms with van der Waals surface area (Å²) in [6, 6.07) is 5.12. The van der Waals surface area contributed by atoms with Crippen molar-refractivity contribution in [2.24, 2.45) is 10.2 Å². The molecule has 0 atom stereocenters. The summed E-state index contributed by atoms with van der Waals surface area (Å²) in [5, 5.41) is 15.8. The van der Waals surface area contributed by atoms with Crippen LogP contribution in [-0.4, -0.2) is 47.0 Å². The maximum absolute atomic E-state index is 11.5. The first-order chi connectivity index (χ1) is 16.2. The molecule has 3 N–H and O–H groups in total. The normalized spacial score (nSPS) is 17.7. The molecule has 5 rings (SSSR count). The van der Waals surface area contributed by atoms with Gasteiger partial charge in [0.15, 0.2) is 5.03 Å². The first-order valence-corrected chi connectivity index (χ1v) is 12.8. The number of hydrogen-bond acceptors (Lipinski definition) is 9. The van der Waals surface area contributed by atoms with E-state index in [-0.39, 0.29) is 16.6 Å². The van der Waals surface area contributed by atoms with E-state index in [2.05, 4.69) is 39.8 Å². The van der Waals surface area contributed by atoms with Crippen LogP contribution in [-0.2, 0) is 20.3 Å². The lowest BCUT2D eigenvalue weighted by Gasteiger charge is -2.44. The number of hydrazone groups is 1. The molecule has 180 valence electrons. The lowest BCUT2D eigenvalue weighted by atomic mass is 9.80. The van der Waals surface area contributed by atoms with Crippen molar-refractivity contribution in [3.8, 4) is 0 Å². The number of nitrogens with two attached hydrogens (primary N) is 1. The van der Waals surface area contributed by atoms with E-state index in [1.54, 1.807) is 19.4 Å². The van der Waals surface area contributed by atoms with Crippen LogP contribution in [0.5, 0.6) is 0 Å². The van der Waals surface area contributed by atoms with Gasteiger partial charge in [-0.1, -0.05) is 19.3 Å². The van der Waals surface area contributed by atoms with E-state index in [0.29, 0.717) is 17.5 Å². The molecule has 0 aromatic carbocycles. The van der Waals surface area contributed by atoms with E-state index in [0.717, 1.165) is 42.5 Å². The molecular weight excluding hydrogens is 456 g/mol. The summed E-state index contributed by atoms with van der Waals surface area (Å²) in [5.74, 6) is 2.06. The maximum Gasteiger partial charge on any atom is 0.255 e. The third kappa shape index (κ3) is 3.66. The van der Waals surface area contributed by atoms with Crippen molar-refractivity contribution in [3.05, 3.63) is 30.6 Å². The Morgan fingerprint density at radius 1 is 1.15 bits per heavy atom. The summed E-state index contributed by atoms with van der Waals surface area (Å²) >= 11 is 0. The van der Waals surface area contributed by atoms with Gasteiger partial charge in [-0.25, -0.2) is 28.5 Å². The Kier molecular flexibility index (Phi) is 5.44. The molecule has 0 saturated heterocycles. The van der Waals surface area contributed by atoms with Gasteiger partial charge in [-0.05, 0) is 44.9 Å². The number of sulfonamides is 1. The minimum Gasteiger partial charge on any atom is -0.481 e. The van der Waals surface area contributed by atoms with Crippen LogP contribution < -0.4 is 15.5 Å². The SMILES string of the molecule is COC1=NN(C(C)C)c2cc3cnc(Nc4ccc(S(N)(=O)=O)nc4)nc3n2C12CCCCC2. The summed E-state index contributed by atoms with van der Waals surface area (Å²) < 4.78 is 31.1. The zero-order chi connectivity index (χ0) is 24.1. The minimum absolute atomic E-state index is 0.128. The summed E-state index contributed by atoms with van der Waals surface area (Å²) in [7, 11) is -2.18. The van der Waals surface area contributed by atoms with E-state index in [1.807, 2.05) is 5.01 Å². The number of anilines is 3. The van der Waals surface area contributed by atoms with Crippen molar-refractivity contribution in [1.82, 2.24) is 19.5 Å². The van der Waals surface area contributed by atoms with Crippen LogP contribution in [0.25, 0.3) is 11.0 Å². The average molecular weight is 485 g/mol. The molecule has 34 heavy (non-hydrogen) atoms. The van der Waals surface area contributed by atoms with Gasteiger partial charge >= 0.3 is 0 Å². The van der Waals surface area contributed by atoms with E-state index >= 15 is 0 Å². The molecule has 1 aliphatic carbocycles. The fraction of sp³-hybridized carbons (Fsp3) is 0.455. The highest BCUT2D eigenvalue weighted by Gasteiger charge is 2.47. The Hall–Kier alpha value is -3.25. The molecular formula is C22H28N8O3S. The molecule has 1 saturated carbocycles. The van der Waals surface area contributed by atoms with E-state index in [9.17, 15) is 8.42 Å². The number of aromatic nitrogens is 4. The molecule has 12 heteroatoms. The van der Waals surface area contributed by atoms with Crippen molar-refractivity contribution in [1.29, 1.82) is 0 Å². The summed E-state index contributed by atoms with van der Waals surface area (Å²) in [4.78, 5) is 13.2. The number of hydrogen-bond donors (Lipinski definition) is 2. The van der Waals surface area contributed by atoms with Crippen LogP contribution in [0.2, 0.25) is 0 Å². The van der Waals surface area contributed by atoms with Crippen molar-refractivity contribution in [2.75, 3.05) is 17.4 Å². The number of rotatable bonds is 4. The molecule has 4 heterocycles. The quantitative estimate of drug-likeness (QED) is 0.576. The van der Waals surface area contributed by atoms with Gasteiger partial charge in [0.2, 0.25) is 11.8 Å². The van der Waals surface area contributed by atoms with E-state index in [4.69, 9.17) is 20.0 Å². The molecule has 11 nitrogen and oxygen atoms in total. The lowest BCUT2D eigenvalue weighted by molar-refractivity contribution is 0.219. The molecule has 3 aromatic heterocycles. The number of primary sulfonamides is 1. The Morgan fingerprint density at radius 2 is 1.91 bits per heavy atom. The van der Waals surface area contributed by atoms with Gasteiger partial charge in [-0.15, -0.1) is 5.10 Å². The van der Waals surface area contributed by atoms with Gasteiger partial charge in [-0.2, -0.15) is 4.98 Å². The van der Waals surface area contributed by atoms with Gasteiger partial charge in [0.05, 0.1) is 19.0 Å². The Morgan fingerprint density at radius 3 is 2.53 bits per heavy atom. The fourth-order valence-electron chi connectivity index (χ4n) is 4.90. The zero-order valence-electron chi connectivity index (χ0n) is 19.4. The second-order valence-corrected chi connectivity index (χ2v) is 10.5.